The number of nitrogens with one attached hydrogen (secondary N) is 1. The zero-order valence-corrected chi connectivity index (χ0v) is 11.0. The van der Waals surface area contributed by atoms with Crippen molar-refractivity contribution in [3.05, 3.63) is 60.2 Å². The summed E-state index contributed by atoms with van der Waals surface area (Å²) in [5, 5.41) is 3.54. The molecule has 0 spiro atoms. The standard InChI is InChI=1S/C16H20N2/c1-16(2,12-13-6-4-3-5-7-13)18-15-10-8-14(17)9-11-15/h3-11,18H,12,17H2,1-2H3. The van der Waals surface area contributed by atoms with Crippen molar-refractivity contribution in [3.63, 3.8) is 0 Å². The van der Waals surface area contributed by atoms with Crippen molar-refractivity contribution in [1.29, 1.82) is 0 Å². The summed E-state index contributed by atoms with van der Waals surface area (Å²) in [6, 6.07) is 18.4. The van der Waals surface area contributed by atoms with Crippen molar-refractivity contribution >= 4 is 11.4 Å². The highest BCUT2D eigenvalue weighted by molar-refractivity contribution is 5.52. The third-order valence-corrected chi connectivity index (χ3v) is 2.88. The maximum atomic E-state index is 5.69. The number of nitrogens with two attached hydrogens (primary N) is 1. The molecule has 0 atom stereocenters. The molecule has 18 heavy (non-hydrogen) atoms. The fourth-order valence-corrected chi connectivity index (χ4v) is 2.11. The van der Waals surface area contributed by atoms with Crippen molar-refractivity contribution in [2.45, 2.75) is 25.8 Å². The average Bonchev–Trinajstić information content (AvgIpc) is 2.32. The third-order valence-electron chi connectivity index (χ3n) is 2.88. The fourth-order valence-electron chi connectivity index (χ4n) is 2.11. The minimum atomic E-state index is 0.0114. The number of benzene rings is 2. The molecule has 94 valence electrons. The van der Waals surface area contributed by atoms with Gasteiger partial charge in [-0.05, 0) is 50.1 Å². The summed E-state index contributed by atoms with van der Waals surface area (Å²) >= 11 is 0. The molecule has 0 saturated carbocycles. The molecule has 0 amide bonds. The van der Waals surface area contributed by atoms with Gasteiger partial charge in [-0.25, -0.2) is 0 Å². The molecule has 0 radical (unpaired) electrons. The van der Waals surface area contributed by atoms with Gasteiger partial charge in [0.1, 0.15) is 0 Å². The summed E-state index contributed by atoms with van der Waals surface area (Å²) < 4.78 is 0. The SMILES string of the molecule is CC(C)(Cc1ccccc1)Nc1ccc(N)cc1. The van der Waals surface area contributed by atoms with Gasteiger partial charge in [0.15, 0.2) is 0 Å². The van der Waals surface area contributed by atoms with E-state index in [0.29, 0.717) is 0 Å². The van der Waals surface area contributed by atoms with E-state index in [1.807, 2.05) is 30.3 Å². The van der Waals surface area contributed by atoms with Crippen LogP contribution in [-0.2, 0) is 6.42 Å². The molecule has 2 rings (SSSR count). The second-order valence-corrected chi connectivity index (χ2v) is 5.29. The second-order valence-electron chi connectivity index (χ2n) is 5.29. The molecule has 0 aliphatic heterocycles. The Hall–Kier alpha value is -1.96. The maximum Gasteiger partial charge on any atom is 0.0357 e. The predicted molar refractivity (Wildman–Crippen MR) is 78.7 cm³/mol. The molecular formula is C16H20N2. The van der Waals surface area contributed by atoms with Crippen LogP contribution < -0.4 is 11.1 Å². The molecule has 3 N–H and O–H groups in total. The van der Waals surface area contributed by atoms with Gasteiger partial charge in [0.2, 0.25) is 0 Å². The molecule has 2 aromatic rings. The number of anilines is 2. The topological polar surface area (TPSA) is 38.0 Å². The van der Waals surface area contributed by atoms with E-state index in [-0.39, 0.29) is 5.54 Å². The van der Waals surface area contributed by atoms with Gasteiger partial charge in [0, 0.05) is 16.9 Å². The van der Waals surface area contributed by atoms with Gasteiger partial charge in [-0.15, -0.1) is 0 Å². The smallest absolute Gasteiger partial charge is 0.0357 e. The van der Waals surface area contributed by atoms with Crippen LogP contribution in [0.15, 0.2) is 54.6 Å². The van der Waals surface area contributed by atoms with Gasteiger partial charge in [0.05, 0.1) is 0 Å². The zero-order chi connectivity index (χ0) is 13.0. The molecule has 2 aromatic carbocycles. The lowest BCUT2D eigenvalue weighted by atomic mass is 9.94. The molecule has 2 heteroatoms. The van der Waals surface area contributed by atoms with Crippen LogP contribution >= 0.6 is 0 Å². The van der Waals surface area contributed by atoms with Crippen LogP contribution in [0.5, 0.6) is 0 Å². The van der Waals surface area contributed by atoms with E-state index < -0.39 is 0 Å². The van der Waals surface area contributed by atoms with Gasteiger partial charge in [0.25, 0.3) is 0 Å². The molecule has 0 unspecified atom stereocenters. The Morgan fingerprint density at radius 3 is 2.17 bits per heavy atom. The third kappa shape index (κ3) is 3.52. The van der Waals surface area contributed by atoms with Gasteiger partial charge in [-0.1, -0.05) is 30.3 Å². The molecular weight excluding hydrogens is 220 g/mol. The molecule has 0 bridgehead atoms. The van der Waals surface area contributed by atoms with E-state index >= 15 is 0 Å². The Balaban J connectivity index is 2.05. The number of rotatable bonds is 4. The monoisotopic (exact) mass is 240 g/mol. The largest absolute Gasteiger partial charge is 0.399 e. The summed E-state index contributed by atoms with van der Waals surface area (Å²) in [6.45, 7) is 4.41. The van der Waals surface area contributed by atoms with Crippen molar-refractivity contribution in [2.75, 3.05) is 11.1 Å². The second kappa shape index (κ2) is 5.13. The first-order chi connectivity index (χ1) is 8.55. The molecule has 2 nitrogen and oxygen atoms in total. The molecule has 0 aliphatic carbocycles. The summed E-state index contributed by atoms with van der Waals surface area (Å²) in [7, 11) is 0. The lowest BCUT2D eigenvalue weighted by Gasteiger charge is -2.28. The highest BCUT2D eigenvalue weighted by Crippen LogP contribution is 2.20. The highest BCUT2D eigenvalue weighted by atomic mass is 15.0. The molecule has 0 heterocycles. The van der Waals surface area contributed by atoms with E-state index in [0.717, 1.165) is 17.8 Å². The first-order valence-corrected chi connectivity index (χ1v) is 6.23. The van der Waals surface area contributed by atoms with Crippen LogP contribution in [-0.4, -0.2) is 5.54 Å². The van der Waals surface area contributed by atoms with Crippen LogP contribution in [0.25, 0.3) is 0 Å². The number of hydrogen-bond acceptors (Lipinski definition) is 2. The van der Waals surface area contributed by atoms with Crippen LogP contribution in [0.1, 0.15) is 19.4 Å². The summed E-state index contributed by atoms with van der Waals surface area (Å²) in [5.74, 6) is 0. The highest BCUT2D eigenvalue weighted by Gasteiger charge is 2.17. The summed E-state index contributed by atoms with van der Waals surface area (Å²) in [4.78, 5) is 0. The molecule has 0 saturated heterocycles. The first kappa shape index (κ1) is 12.5. The maximum absolute atomic E-state index is 5.69. The van der Waals surface area contributed by atoms with Crippen molar-refractivity contribution in [3.8, 4) is 0 Å². The van der Waals surface area contributed by atoms with Crippen LogP contribution in [0.3, 0.4) is 0 Å². The molecule has 0 aliphatic rings. The van der Waals surface area contributed by atoms with E-state index in [1.54, 1.807) is 0 Å². The lowest BCUT2D eigenvalue weighted by Crippen LogP contribution is -2.33. The normalized spacial score (nSPS) is 11.2. The van der Waals surface area contributed by atoms with Crippen molar-refractivity contribution < 1.29 is 0 Å². The van der Waals surface area contributed by atoms with E-state index in [4.69, 9.17) is 5.73 Å². The zero-order valence-electron chi connectivity index (χ0n) is 11.0. The predicted octanol–water partition coefficient (Wildman–Crippen LogP) is 3.70. The Labute approximate surface area is 109 Å². The molecule has 0 aromatic heterocycles. The summed E-state index contributed by atoms with van der Waals surface area (Å²) in [5.41, 5.74) is 8.93. The Bertz CT molecular complexity index is 486. The van der Waals surface area contributed by atoms with E-state index in [9.17, 15) is 0 Å². The van der Waals surface area contributed by atoms with E-state index in [2.05, 4.69) is 43.4 Å². The number of hydrogen-bond donors (Lipinski definition) is 2. The minimum absolute atomic E-state index is 0.0114. The average molecular weight is 240 g/mol. The van der Waals surface area contributed by atoms with Crippen molar-refractivity contribution in [1.82, 2.24) is 0 Å². The fraction of sp³-hybridized carbons (Fsp3) is 0.250. The van der Waals surface area contributed by atoms with Gasteiger partial charge in [-0.2, -0.15) is 0 Å². The van der Waals surface area contributed by atoms with Gasteiger partial charge < -0.3 is 11.1 Å². The Morgan fingerprint density at radius 1 is 0.944 bits per heavy atom. The molecule has 0 fully saturated rings. The minimum Gasteiger partial charge on any atom is -0.399 e. The summed E-state index contributed by atoms with van der Waals surface area (Å²) in [6.07, 6.45) is 0.984. The van der Waals surface area contributed by atoms with Gasteiger partial charge >= 0.3 is 0 Å². The van der Waals surface area contributed by atoms with E-state index in [1.165, 1.54) is 5.56 Å². The van der Waals surface area contributed by atoms with Gasteiger partial charge in [-0.3, -0.25) is 0 Å². The van der Waals surface area contributed by atoms with Crippen LogP contribution in [0.2, 0.25) is 0 Å². The Kier molecular flexibility index (Phi) is 3.56. The first-order valence-electron chi connectivity index (χ1n) is 6.23. The van der Waals surface area contributed by atoms with Crippen LogP contribution in [0.4, 0.5) is 11.4 Å². The van der Waals surface area contributed by atoms with Crippen molar-refractivity contribution in [2.24, 2.45) is 0 Å². The number of nitrogen functional groups attached to an aromatic ring is 1. The lowest BCUT2D eigenvalue weighted by molar-refractivity contribution is 0.564. The Morgan fingerprint density at radius 2 is 1.56 bits per heavy atom. The van der Waals surface area contributed by atoms with Crippen LogP contribution in [0, 0.1) is 0 Å². The quantitative estimate of drug-likeness (QED) is 0.800.